The van der Waals surface area contributed by atoms with Gasteiger partial charge in [0, 0.05) is 18.6 Å². The van der Waals surface area contributed by atoms with E-state index in [1.165, 1.54) is 7.11 Å². The molecule has 0 amide bonds. The summed E-state index contributed by atoms with van der Waals surface area (Å²) in [7, 11) is 1.34. The normalized spacial score (nSPS) is 11.2. The quantitative estimate of drug-likeness (QED) is 0.482. The fourth-order valence-electron chi connectivity index (χ4n) is 2.85. The van der Waals surface area contributed by atoms with E-state index in [4.69, 9.17) is 9.47 Å². The molecule has 6 nitrogen and oxygen atoms in total. The van der Waals surface area contributed by atoms with Crippen LogP contribution in [0.4, 0.5) is 0 Å². The molecule has 6 heteroatoms. The van der Waals surface area contributed by atoms with Crippen LogP contribution in [0.3, 0.4) is 0 Å². The lowest BCUT2D eigenvalue weighted by Crippen LogP contribution is -2.07. The zero-order valence-electron chi connectivity index (χ0n) is 16.0. The van der Waals surface area contributed by atoms with Crippen molar-refractivity contribution in [1.29, 1.82) is 0 Å². The van der Waals surface area contributed by atoms with Crippen LogP contribution in [0.15, 0.2) is 55.0 Å². The molecular weight excluding hydrogens is 354 g/mol. The van der Waals surface area contributed by atoms with Gasteiger partial charge in [-0.1, -0.05) is 6.07 Å². The van der Waals surface area contributed by atoms with Gasteiger partial charge in [-0.3, -0.25) is 4.98 Å². The first-order valence-corrected chi connectivity index (χ1v) is 8.80. The lowest BCUT2D eigenvalue weighted by Gasteiger charge is -2.13. The van der Waals surface area contributed by atoms with Crippen molar-refractivity contribution in [2.45, 2.75) is 20.5 Å². The molecule has 0 N–H and O–H groups in total. The first-order chi connectivity index (χ1) is 13.6. The van der Waals surface area contributed by atoms with Gasteiger partial charge in [0.15, 0.2) is 5.82 Å². The molecule has 142 valence electrons. The number of hydrogen-bond donors (Lipinski definition) is 0. The predicted octanol–water partition coefficient (Wildman–Crippen LogP) is 3.78. The Morgan fingerprint density at radius 3 is 2.29 bits per heavy atom. The summed E-state index contributed by atoms with van der Waals surface area (Å²) in [4.78, 5) is 24.8. The van der Waals surface area contributed by atoms with Crippen molar-refractivity contribution in [1.82, 2.24) is 15.0 Å². The first kappa shape index (κ1) is 19.2. The second kappa shape index (κ2) is 8.90. The smallest absolute Gasteiger partial charge is 0.341 e. The van der Waals surface area contributed by atoms with Crippen molar-refractivity contribution in [3.63, 3.8) is 0 Å². The monoisotopic (exact) mass is 375 g/mol. The molecule has 28 heavy (non-hydrogen) atoms. The molecule has 0 aliphatic heterocycles. The van der Waals surface area contributed by atoms with E-state index in [1.54, 1.807) is 30.7 Å². The number of carbonyl (C=O) groups is 1. The van der Waals surface area contributed by atoms with E-state index >= 15 is 0 Å². The van der Waals surface area contributed by atoms with E-state index in [0.717, 1.165) is 28.1 Å². The zero-order valence-corrected chi connectivity index (χ0v) is 16.0. The van der Waals surface area contributed by atoms with Gasteiger partial charge in [-0.05, 0) is 66.9 Å². The Morgan fingerprint density at radius 2 is 1.68 bits per heavy atom. The van der Waals surface area contributed by atoms with Crippen LogP contribution in [0.1, 0.15) is 28.2 Å². The predicted molar refractivity (Wildman–Crippen MR) is 106 cm³/mol. The average molecular weight is 375 g/mol. The second-order valence-electron chi connectivity index (χ2n) is 6.22. The molecule has 0 aliphatic carbocycles. The highest BCUT2D eigenvalue weighted by Crippen LogP contribution is 2.27. The number of methoxy groups -OCH3 is 1. The van der Waals surface area contributed by atoms with Gasteiger partial charge in [-0.15, -0.1) is 0 Å². The number of aromatic nitrogens is 3. The molecule has 2 heterocycles. The van der Waals surface area contributed by atoms with E-state index in [1.807, 2.05) is 44.2 Å². The Hall–Kier alpha value is -3.54. The number of nitrogens with zero attached hydrogens (tertiary/aromatic N) is 3. The van der Waals surface area contributed by atoms with E-state index < -0.39 is 5.97 Å². The van der Waals surface area contributed by atoms with Gasteiger partial charge in [0.25, 0.3) is 0 Å². The van der Waals surface area contributed by atoms with Crippen molar-refractivity contribution in [3.8, 4) is 5.75 Å². The topological polar surface area (TPSA) is 74.2 Å². The van der Waals surface area contributed by atoms with Gasteiger partial charge in [0.2, 0.25) is 0 Å². The summed E-state index contributed by atoms with van der Waals surface area (Å²) >= 11 is 0. The van der Waals surface area contributed by atoms with Gasteiger partial charge in [0.05, 0.1) is 12.8 Å². The molecule has 0 aliphatic rings. The lowest BCUT2D eigenvalue weighted by atomic mass is 10.0. The zero-order chi connectivity index (χ0) is 19.9. The maximum absolute atomic E-state index is 12.2. The minimum Gasteiger partial charge on any atom is -0.487 e. The second-order valence-corrected chi connectivity index (χ2v) is 6.22. The highest BCUT2D eigenvalue weighted by molar-refractivity contribution is 6.20. The summed E-state index contributed by atoms with van der Waals surface area (Å²) < 4.78 is 10.9. The Labute approximate surface area is 163 Å². The molecule has 1 aromatic carbocycles. The van der Waals surface area contributed by atoms with Crippen molar-refractivity contribution in [2.75, 3.05) is 7.11 Å². The molecule has 0 radical (unpaired) electrons. The van der Waals surface area contributed by atoms with Crippen molar-refractivity contribution in [2.24, 2.45) is 0 Å². The molecule has 0 saturated heterocycles. The Balaban J connectivity index is 1.90. The van der Waals surface area contributed by atoms with Crippen LogP contribution >= 0.6 is 0 Å². The number of hydrogen-bond acceptors (Lipinski definition) is 6. The van der Waals surface area contributed by atoms with E-state index in [9.17, 15) is 4.79 Å². The molecule has 0 bridgehead atoms. The van der Waals surface area contributed by atoms with Crippen molar-refractivity contribution in [3.05, 3.63) is 83.2 Å². The highest BCUT2D eigenvalue weighted by Gasteiger charge is 2.16. The minimum absolute atomic E-state index is 0.295. The molecular formula is C22H21N3O3. The molecule has 3 aromatic rings. The van der Waals surface area contributed by atoms with E-state index in [0.29, 0.717) is 18.0 Å². The van der Waals surface area contributed by atoms with Crippen LogP contribution < -0.4 is 4.74 Å². The molecule has 0 atom stereocenters. The van der Waals surface area contributed by atoms with Crippen LogP contribution in [0.25, 0.3) is 11.6 Å². The van der Waals surface area contributed by atoms with Crippen molar-refractivity contribution >= 4 is 17.6 Å². The number of ether oxygens (including phenoxy) is 2. The number of pyridine rings is 1. The number of rotatable bonds is 6. The van der Waals surface area contributed by atoms with Crippen LogP contribution in [0.5, 0.6) is 5.75 Å². The van der Waals surface area contributed by atoms with Gasteiger partial charge < -0.3 is 9.47 Å². The summed E-state index contributed by atoms with van der Waals surface area (Å²) in [5.74, 6) is 0.635. The first-order valence-electron chi connectivity index (χ1n) is 8.80. The number of aryl methyl sites for hydroxylation is 2. The Bertz CT molecular complexity index is 963. The minimum atomic E-state index is -0.489. The third-order valence-electron chi connectivity index (χ3n) is 4.10. The fourth-order valence-corrected chi connectivity index (χ4v) is 2.85. The number of benzene rings is 1. The largest absolute Gasteiger partial charge is 0.487 e. The van der Waals surface area contributed by atoms with Gasteiger partial charge >= 0.3 is 5.97 Å². The molecule has 0 saturated carbocycles. The summed E-state index contributed by atoms with van der Waals surface area (Å²) in [6, 6.07) is 11.3. The van der Waals surface area contributed by atoms with Gasteiger partial charge in [0.1, 0.15) is 17.9 Å². The van der Waals surface area contributed by atoms with E-state index in [-0.39, 0.29) is 0 Å². The molecule has 2 aromatic heterocycles. The van der Waals surface area contributed by atoms with Crippen LogP contribution in [-0.2, 0) is 16.1 Å². The Kier molecular flexibility index (Phi) is 6.11. The summed E-state index contributed by atoms with van der Waals surface area (Å²) in [5, 5.41) is 0. The fraction of sp³-hybridized carbons (Fsp3) is 0.182. The van der Waals surface area contributed by atoms with Crippen LogP contribution in [0.2, 0.25) is 0 Å². The molecule has 3 rings (SSSR count). The lowest BCUT2D eigenvalue weighted by molar-refractivity contribution is -0.133. The molecule has 0 unspecified atom stereocenters. The third-order valence-corrected chi connectivity index (χ3v) is 4.10. The SMILES string of the molecule is COC(=O)/C(=C/c1cc(C)c(OCc2ccccn2)c(C)c1)c1ncccn1. The standard InChI is InChI=1S/C22H21N3O3/c1-15-11-17(13-19(22(26)27-3)21-24-9-6-10-25-21)12-16(2)20(15)28-14-18-7-4-5-8-23-18/h4-13H,14H2,1-3H3/b19-13+. The summed E-state index contributed by atoms with van der Waals surface area (Å²) in [6.07, 6.45) is 6.64. The summed E-state index contributed by atoms with van der Waals surface area (Å²) in [5.41, 5.74) is 3.91. The van der Waals surface area contributed by atoms with Gasteiger partial charge in [-0.25, -0.2) is 14.8 Å². The third kappa shape index (κ3) is 4.59. The maximum atomic E-state index is 12.2. The number of esters is 1. The van der Waals surface area contributed by atoms with Crippen LogP contribution in [-0.4, -0.2) is 28.0 Å². The molecule has 0 fully saturated rings. The highest BCUT2D eigenvalue weighted by atomic mass is 16.5. The average Bonchev–Trinajstić information content (AvgIpc) is 2.72. The maximum Gasteiger partial charge on any atom is 0.341 e. The molecule has 0 spiro atoms. The van der Waals surface area contributed by atoms with E-state index in [2.05, 4.69) is 15.0 Å². The van der Waals surface area contributed by atoms with Crippen molar-refractivity contribution < 1.29 is 14.3 Å². The van der Waals surface area contributed by atoms with Crippen LogP contribution in [0, 0.1) is 13.8 Å². The summed E-state index contributed by atoms with van der Waals surface area (Å²) in [6.45, 7) is 4.33. The number of carbonyl (C=O) groups excluding carboxylic acids is 1. The Morgan fingerprint density at radius 1 is 1.00 bits per heavy atom. The van der Waals surface area contributed by atoms with Gasteiger partial charge in [-0.2, -0.15) is 0 Å².